The molecule has 1 heterocycles. The van der Waals surface area contributed by atoms with Crippen LogP contribution in [-0.4, -0.2) is 39.6 Å². The molecule has 0 aliphatic heterocycles. The van der Waals surface area contributed by atoms with Crippen LogP contribution in [0.15, 0.2) is 34.9 Å². The highest BCUT2D eigenvalue weighted by molar-refractivity contribution is 9.10. The Morgan fingerprint density at radius 3 is 2.87 bits per heavy atom. The first kappa shape index (κ1) is 17.9. The summed E-state index contributed by atoms with van der Waals surface area (Å²) in [6.07, 6.45) is 4.53. The molecular weight excluding hydrogens is 380 g/mol. The number of halogens is 1. The zero-order chi connectivity index (χ0) is 16.8. The Kier molecular flexibility index (Phi) is 6.53. The number of carbonyl (C=O) groups is 2. The third-order valence-corrected chi connectivity index (χ3v) is 4.70. The maximum Gasteiger partial charge on any atom is 0.326 e. The number of aromatic nitrogens is 1. The second kappa shape index (κ2) is 8.40. The van der Waals surface area contributed by atoms with Gasteiger partial charge in [0, 0.05) is 29.2 Å². The van der Waals surface area contributed by atoms with Crippen LogP contribution in [0.2, 0.25) is 0 Å². The number of rotatable bonds is 8. The summed E-state index contributed by atoms with van der Waals surface area (Å²) in [6.45, 7) is 0.515. The maximum absolute atomic E-state index is 12.0. The number of thioether (sulfide) groups is 1. The van der Waals surface area contributed by atoms with Gasteiger partial charge in [-0.05, 0) is 42.0 Å². The highest BCUT2D eigenvalue weighted by Crippen LogP contribution is 2.21. The predicted molar refractivity (Wildman–Crippen MR) is 96.8 cm³/mol. The second-order valence-corrected chi connectivity index (χ2v) is 7.10. The number of carbonyl (C=O) groups excluding carboxylic acids is 1. The van der Waals surface area contributed by atoms with E-state index >= 15 is 0 Å². The van der Waals surface area contributed by atoms with Gasteiger partial charge in [-0.2, -0.15) is 11.8 Å². The van der Waals surface area contributed by atoms with Crippen molar-refractivity contribution < 1.29 is 14.7 Å². The summed E-state index contributed by atoms with van der Waals surface area (Å²) < 4.78 is 2.98. The van der Waals surface area contributed by atoms with Crippen LogP contribution >= 0.6 is 27.7 Å². The van der Waals surface area contributed by atoms with Crippen LogP contribution in [0.3, 0.4) is 0 Å². The molecule has 7 heteroatoms. The molecule has 1 atom stereocenters. The third-order valence-electron chi connectivity index (χ3n) is 3.56. The predicted octanol–water partition coefficient (Wildman–Crippen LogP) is 3.12. The second-order valence-electron chi connectivity index (χ2n) is 5.20. The minimum Gasteiger partial charge on any atom is -0.480 e. The lowest BCUT2D eigenvalue weighted by atomic mass is 10.2. The van der Waals surface area contributed by atoms with Gasteiger partial charge in [-0.1, -0.05) is 22.0 Å². The van der Waals surface area contributed by atoms with Crippen molar-refractivity contribution >= 4 is 50.5 Å². The summed E-state index contributed by atoms with van der Waals surface area (Å²) >= 11 is 5.01. The smallest absolute Gasteiger partial charge is 0.326 e. The number of nitrogens with zero attached hydrogens (tertiary/aromatic N) is 1. The number of aryl methyl sites for hydroxylation is 1. The fraction of sp³-hybridized carbons (Fsp3) is 0.375. The number of carboxylic acid groups (broad SMARTS) is 1. The molecule has 0 saturated carbocycles. The Morgan fingerprint density at radius 1 is 1.39 bits per heavy atom. The van der Waals surface area contributed by atoms with Crippen molar-refractivity contribution in [1.29, 1.82) is 0 Å². The quantitative estimate of drug-likeness (QED) is 0.716. The van der Waals surface area contributed by atoms with Gasteiger partial charge in [-0.3, -0.25) is 4.79 Å². The number of nitrogens with one attached hydrogen (secondary N) is 1. The van der Waals surface area contributed by atoms with Gasteiger partial charge in [0.2, 0.25) is 5.91 Å². The highest BCUT2D eigenvalue weighted by Gasteiger charge is 2.19. The molecular formula is C16H19BrN2O3S. The first-order valence-corrected chi connectivity index (χ1v) is 9.45. The van der Waals surface area contributed by atoms with Crippen molar-refractivity contribution in [2.45, 2.75) is 25.4 Å². The number of fused-ring (bicyclic) bond motifs is 1. The van der Waals surface area contributed by atoms with E-state index in [2.05, 4.69) is 21.2 Å². The monoisotopic (exact) mass is 398 g/mol. The lowest BCUT2D eigenvalue weighted by molar-refractivity contribution is -0.141. The van der Waals surface area contributed by atoms with Gasteiger partial charge in [0.25, 0.3) is 0 Å². The fourth-order valence-corrected chi connectivity index (χ4v) is 3.15. The van der Waals surface area contributed by atoms with E-state index in [0.29, 0.717) is 18.7 Å². The zero-order valence-electron chi connectivity index (χ0n) is 12.8. The van der Waals surface area contributed by atoms with E-state index in [9.17, 15) is 9.59 Å². The summed E-state index contributed by atoms with van der Waals surface area (Å²) in [5.41, 5.74) is 1.05. The molecule has 0 aliphatic rings. The molecule has 124 valence electrons. The highest BCUT2D eigenvalue weighted by atomic mass is 79.9. The number of hydrogen-bond acceptors (Lipinski definition) is 3. The Morgan fingerprint density at radius 2 is 2.17 bits per heavy atom. The van der Waals surface area contributed by atoms with Gasteiger partial charge in [-0.25, -0.2) is 4.79 Å². The molecule has 1 aromatic heterocycles. The van der Waals surface area contributed by atoms with Gasteiger partial charge < -0.3 is 15.0 Å². The van der Waals surface area contributed by atoms with Crippen LogP contribution in [0.4, 0.5) is 0 Å². The van der Waals surface area contributed by atoms with Crippen LogP contribution in [0.5, 0.6) is 0 Å². The van der Waals surface area contributed by atoms with Crippen LogP contribution < -0.4 is 5.32 Å². The molecule has 1 unspecified atom stereocenters. The van der Waals surface area contributed by atoms with E-state index in [-0.39, 0.29) is 12.3 Å². The number of amides is 1. The average molecular weight is 399 g/mol. The molecule has 0 bridgehead atoms. The van der Waals surface area contributed by atoms with Gasteiger partial charge >= 0.3 is 5.97 Å². The lowest BCUT2D eigenvalue weighted by Gasteiger charge is -2.14. The number of carboxylic acids is 1. The Balaban J connectivity index is 1.94. The summed E-state index contributed by atoms with van der Waals surface area (Å²) in [4.78, 5) is 23.2. The van der Waals surface area contributed by atoms with Crippen molar-refractivity contribution in [1.82, 2.24) is 9.88 Å². The van der Waals surface area contributed by atoms with Crippen LogP contribution in [0.25, 0.3) is 10.9 Å². The SMILES string of the molecule is CSCCC(NC(=O)CCn1ccc2ccc(Br)cc21)C(=O)O. The molecule has 5 nitrogen and oxygen atoms in total. The standard InChI is InChI=1S/C16H19BrN2O3S/c1-23-9-6-13(16(21)22)18-15(20)5-8-19-7-4-11-2-3-12(17)10-14(11)19/h2-4,7,10,13H,5-6,8-9H2,1H3,(H,18,20)(H,21,22). The fourth-order valence-electron chi connectivity index (χ4n) is 2.33. The summed E-state index contributed by atoms with van der Waals surface area (Å²) in [6, 6.07) is 7.18. The van der Waals surface area contributed by atoms with Crippen LogP contribution in [0.1, 0.15) is 12.8 Å². The van der Waals surface area contributed by atoms with Gasteiger partial charge in [0.15, 0.2) is 0 Å². The first-order chi connectivity index (χ1) is 11.0. The minimum absolute atomic E-state index is 0.240. The van der Waals surface area contributed by atoms with E-state index in [0.717, 1.165) is 15.4 Å². The lowest BCUT2D eigenvalue weighted by Crippen LogP contribution is -2.41. The topological polar surface area (TPSA) is 71.3 Å². The van der Waals surface area contributed by atoms with E-state index < -0.39 is 12.0 Å². The minimum atomic E-state index is -0.984. The normalized spacial score (nSPS) is 12.3. The Bertz CT molecular complexity index is 702. The molecule has 0 fully saturated rings. The van der Waals surface area contributed by atoms with Crippen molar-refractivity contribution in [3.63, 3.8) is 0 Å². The van der Waals surface area contributed by atoms with Crippen molar-refractivity contribution in [2.75, 3.05) is 12.0 Å². The summed E-state index contributed by atoms with van der Waals surface area (Å²) in [5.74, 6) is -0.522. The molecule has 2 rings (SSSR count). The van der Waals surface area contributed by atoms with E-state index in [1.165, 1.54) is 0 Å². The molecule has 1 amide bonds. The largest absolute Gasteiger partial charge is 0.480 e. The van der Waals surface area contributed by atoms with E-state index in [1.807, 2.05) is 41.3 Å². The zero-order valence-corrected chi connectivity index (χ0v) is 15.2. The molecule has 0 saturated heterocycles. The molecule has 0 spiro atoms. The third kappa shape index (κ3) is 5.00. The van der Waals surface area contributed by atoms with Gasteiger partial charge in [0.1, 0.15) is 6.04 Å². The van der Waals surface area contributed by atoms with E-state index in [1.54, 1.807) is 11.8 Å². The molecule has 0 aliphatic carbocycles. The van der Waals surface area contributed by atoms with Gasteiger partial charge in [-0.15, -0.1) is 0 Å². The molecule has 1 aromatic carbocycles. The first-order valence-electron chi connectivity index (χ1n) is 7.26. The molecule has 0 radical (unpaired) electrons. The maximum atomic E-state index is 12.0. The number of benzene rings is 1. The number of hydrogen-bond donors (Lipinski definition) is 2. The summed E-state index contributed by atoms with van der Waals surface area (Å²) in [7, 11) is 0. The molecule has 23 heavy (non-hydrogen) atoms. The van der Waals surface area contributed by atoms with Gasteiger partial charge in [0.05, 0.1) is 0 Å². The Hall–Kier alpha value is -1.47. The summed E-state index contributed by atoms with van der Waals surface area (Å²) in [5, 5.41) is 12.8. The Labute approximate surface area is 147 Å². The number of aliphatic carboxylic acids is 1. The van der Waals surface area contributed by atoms with Crippen LogP contribution in [0, 0.1) is 0 Å². The van der Waals surface area contributed by atoms with Crippen molar-refractivity contribution in [3.8, 4) is 0 Å². The van der Waals surface area contributed by atoms with Crippen LogP contribution in [-0.2, 0) is 16.1 Å². The van der Waals surface area contributed by atoms with Crippen molar-refractivity contribution in [3.05, 3.63) is 34.9 Å². The average Bonchev–Trinajstić information content (AvgIpc) is 2.91. The molecule has 2 aromatic rings. The van der Waals surface area contributed by atoms with E-state index in [4.69, 9.17) is 5.11 Å². The molecule has 2 N–H and O–H groups in total. The van der Waals surface area contributed by atoms with Crippen molar-refractivity contribution in [2.24, 2.45) is 0 Å².